The number of amides is 1. The molecule has 0 saturated carbocycles. The number of sulfonamides is 1. The molecule has 0 aliphatic rings. The molecule has 1 N–H and O–H groups in total. The third-order valence-electron chi connectivity index (χ3n) is 4.23. The molecule has 1 amide bonds. The SMILES string of the molecule is Cc1ccc(-c2noc(CNC(=O)c3cc(N(C)S(C)(=O)=O)ccc3Cl)n2)cc1. The molecule has 0 saturated heterocycles. The molecule has 29 heavy (non-hydrogen) atoms. The van der Waals surface area contributed by atoms with Crippen LogP contribution in [0.1, 0.15) is 21.8 Å². The van der Waals surface area contributed by atoms with Gasteiger partial charge in [-0.3, -0.25) is 9.10 Å². The number of nitrogens with zero attached hydrogens (tertiary/aromatic N) is 3. The quantitative estimate of drug-likeness (QED) is 0.639. The lowest BCUT2D eigenvalue weighted by atomic mass is 10.1. The highest BCUT2D eigenvalue weighted by Gasteiger charge is 2.17. The van der Waals surface area contributed by atoms with Crippen molar-refractivity contribution in [2.24, 2.45) is 0 Å². The lowest BCUT2D eigenvalue weighted by Crippen LogP contribution is -2.26. The Balaban J connectivity index is 1.72. The molecular formula is C19H19ClN4O4S. The summed E-state index contributed by atoms with van der Waals surface area (Å²) in [5.74, 6) is 0.160. The third-order valence-corrected chi connectivity index (χ3v) is 5.77. The van der Waals surface area contributed by atoms with E-state index in [2.05, 4.69) is 15.5 Å². The van der Waals surface area contributed by atoms with Crippen LogP contribution < -0.4 is 9.62 Å². The van der Waals surface area contributed by atoms with Gasteiger partial charge in [0.25, 0.3) is 5.91 Å². The Labute approximate surface area is 173 Å². The van der Waals surface area contributed by atoms with Crippen LogP contribution in [0.2, 0.25) is 5.02 Å². The molecule has 0 aliphatic carbocycles. The van der Waals surface area contributed by atoms with E-state index in [-0.39, 0.29) is 23.0 Å². The van der Waals surface area contributed by atoms with Crippen LogP contribution in [0.25, 0.3) is 11.4 Å². The minimum absolute atomic E-state index is 0.000166. The van der Waals surface area contributed by atoms with E-state index in [1.807, 2.05) is 31.2 Å². The molecule has 0 aliphatic heterocycles. The molecule has 10 heteroatoms. The van der Waals surface area contributed by atoms with Gasteiger partial charge in [0.05, 0.1) is 29.1 Å². The van der Waals surface area contributed by atoms with Crippen LogP contribution in [-0.4, -0.2) is 37.8 Å². The van der Waals surface area contributed by atoms with Crippen LogP contribution >= 0.6 is 11.6 Å². The summed E-state index contributed by atoms with van der Waals surface area (Å²) in [4.78, 5) is 16.8. The second-order valence-corrected chi connectivity index (χ2v) is 8.88. The van der Waals surface area contributed by atoms with Gasteiger partial charge < -0.3 is 9.84 Å². The maximum Gasteiger partial charge on any atom is 0.253 e. The van der Waals surface area contributed by atoms with E-state index in [1.54, 1.807) is 0 Å². The second-order valence-electron chi connectivity index (χ2n) is 6.46. The third kappa shape index (κ3) is 4.93. The van der Waals surface area contributed by atoms with Crippen LogP contribution in [0, 0.1) is 6.92 Å². The van der Waals surface area contributed by atoms with Crippen molar-refractivity contribution in [3.8, 4) is 11.4 Å². The predicted molar refractivity (Wildman–Crippen MR) is 110 cm³/mol. The zero-order valence-electron chi connectivity index (χ0n) is 16.0. The maximum atomic E-state index is 12.5. The molecule has 1 aromatic heterocycles. The lowest BCUT2D eigenvalue weighted by Gasteiger charge is -2.17. The van der Waals surface area contributed by atoms with Crippen molar-refractivity contribution >= 4 is 33.2 Å². The summed E-state index contributed by atoms with van der Waals surface area (Å²) >= 11 is 6.11. The Kier molecular flexibility index (Phi) is 5.90. The number of halogens is 1. The number of carbonyl (C=O) groups is 1. The summed E-state index contributed by atoms with van der Waals surface area (Å²) in [5.41, 5.74) is 2.38. The van der Waals surface area contributed by atoms with Gasteiger partial charge in [0, 0.05) is 12.6 Å². The summed E-state index contributed by atoms with van der Waals surface area (Å²) in [6.45, 7) is 1.98. The maximum absolute atomic E-state index is 12.5. The number of hydrogen-bond acceptors (Lipinski definition) is 6. The zero-order valence-corrected chi connectivity index (χ0v) is 17.6. The fraction of sp³-hybridized carbons (Fsp3) is 0.211. The molecule has 0 atom stereocenters. The molecule has 8 nitrogen and oxygen atoms in total. The Hall–Kier alpha value is -2.91. The molecule has 3 rings (SSSR count). The average Bonchev–Trinajstić information content (AvgIpc) is 3.15. The van der Waals surface area contributed by atoms with E-state index in [0.717, 1.165) is 21.7 Å². The summed E-state index contributed by atoms with van der Waals surface area (Å²) in [6, 6.07) is 12.0. The Morgan fingerprint density at radius 3 is 2.55 bits per heavy atom. The van der Waals surface area contributed by atoms with Crippen LogP contribution in [0.4, 0.5) is 5.69 Å². The summed E-state index contributed by atoms with van der Waals surface area (Å²) in [6.07, 6.45) is 1.07. The normalized spacial score (nSPS) is 11.3. The first-order chi connectivity index (χ1) is 13.6. The highest BCUT2D eigenvalue weighted by Crippen LogP contribution is 2.24. The monoisotopic (exact) mass is 434 g/mol. The van der Waals surface area contributed by atoms with Gasteiger partial charge in [0.2, 0.25) is 21.7 Å². The molecule has 0 radical (unpaired) electrons. The summed E-state index contributed by atoms with van der Waals surface area (Å²) in [7, 11) is -2.07. The fourth-order valence-corrected chi connectivity index (χ4v) is 3.17. The van der Waals surface area contributed by atoms with Crippen molar-refractivity contribution in [1.29, 1.82) is 0 Å². The largest absolute Gasteiger partial charge is 0.343 e. The number of aromatic nitrogens is 2. The molecule has 0 fully saturated rings. The molecule has 1 heterocycles. The van der Waals surface area contributed by atoms with E-state index in [0.29, 0.717) is 11.5 Å². The minimum atomic E-state index is -3.47. The highest BCUT2D eigenvalue weighted by molar-refractivity contribution is 7.92. The van der Waals surface area contributed by atoms with Crippen LogP contribution in [-0.2, 0) is 16.6 Å². The molecule has 3 aromatic rings. The van der Waals surface area contributed by atoms with Crippen LogP contribution in [0.5, 0.6) is 0 Å². The fourth-order valence-electron chi connectivity index (χ4n) is 2.47. The van der Waals surface area contributed by atoms with E-state index in [1.165, 1.54) is 25.2 Å². The van der Waals surface area contributed by atoms with E-state index >= 15 is 0 Å². The van der Waals surface area contributed by atoms with Gasteiger partial charge in [-0.25, -0.2) is 8.42 Å². The topological polar surface area (TPSA) is 105 Å². The molecular weight excluding hydrogens is 416 g/mol. The Bertz CT molecular complexity index is 1140. The number of benzene rings is 2. The average molecular weight is 435 g/mol. The Morgan fingerprint density at radius 2 is 1.90 bits per heavy atom. The molecule has 0 unspecified atom stereocenters. The van der Waals surface area contributed by atoms with Crippen LogP contribution in [0.3, 0.4) is 0 Å². The summed E-state index contributed by atoms with van der Waals surface area (Å²) < 4.78 is 29.7. The minimum Gasteiger partial charge on any atom is -0.343 e. The van der Waals surface area contributed by atoms with Gasteiger partial charge in [-0.15, -0.1) is 0 Å². The van der Waals surface area contributed by atoms with Crippen LogP contribution in [0.15, 0.2) is 47.0 Å². The molecule has 0 spiro atoms. The number of nitrogens with one attached hydrogen (secondary N) is 1. The molecule has 0 bridgehead atoms. The lowest BCUT2D eigenvalue weighted by molar-refractivity contribution is 0.0946. The zero-order chi connectivity index (χ0) is 21.2. The van der Waals surface area contributed by atoms with Crippen molar-refractivity contribution in [2.45, 2.75) is 13.5 Å². The van der Waals surface area contributed by atoms with Gasteiger partial charge in [-0.2, -0.15) is 4.98 Å². The standard InChI is InChI=1S/C19H19ClN4O4S/c1-12-4-6-13(7-5-12)18-22-17(28-23-18)11-21-19(25)15-10-14(8-9-16(15)20)24(2)29(3,26)27/h4-10H,11H2,1-3H3,(H,21,25). The number of anilines is 1. The number of hydrogen-bond donors (Lipinski definition) is 1. The van der Waals surface area contributed by atoms with Crippen molar-refractivity contribution in [3.05, 3.63) is 64.5 Å². The highest BCUT2D eigenvalue weighted by atomic mass is 35.5. The number of rotatable bonds is 6. The van der Waals surface area contributed by atoms with Gasteiger partial charge in [-0.05, 0) is 25.1 Å². The molecule has 2 aromatic carbocycles. The van der Waals surface area contributed by atoms with Crippen molar-refractivity contribution < 1.29 is 17.7 Å². The van der Waals surface area contributed by atoms with Gasteiger partial charge in [0.1, 0.15) is 0 Å². The Morgan fingerprint density at radius 1 is 1.21 bits per heavy atom. The van der Waals surface area contributed by atoms with E-state index in [4.69, 9.17) is 16.1 Å². The number of carbonyl (C=O) groups excluding carboxylic acids is 1. The van der Waals surface area contributed by atoms with E-state index < -0.39 is 15.9 Å². The van der Waals surface area contributed by atoms with Gasteiger partial charge in [-0.1, -0.05) is 46.6 Å². The smallest absolute Gasteiger partial charge is 0.253 e. The molecule has 152 valence electrons. The van der Waals surface area contributed by atoms with E-state index in [9.17, 15) is 13.2 Å². The van der Waals surface area contributed by atoms with Crippen molar-refractivity contribution in [1.82, 2.24) is 15.5 Å². The summed E-state index contributed by atoms with van der Waals surface area (Å²) in [5, 5.41) is 6.75. The van der Waals surface area contributed by atoms with Crippen molar-refractivity contribution in [2.75, 3.05) is 17.6 Å². The number of aryl methyl sites for hydroxylation is 1. The first-order valence-corrected chi connectivity index (χ1v) is 10.8. The van der Waals surface area contributed by atoms with Crippen molar-refractivity contribution in [3.63, 3.8) is 0 Å². The second kappa shape index (κ2) is 8.22. The van der Waals surface area contributed by atoms with Gasteiger partial charge in [0.15, 0.2) is 0 Å². The first kappa shape index (κ1) is 20.8. The van der Waals surface area contributed by atoms with Gasteiger partial charge >= 0.3 is 0 Å². The predicted octanol–water partition coefficient (Wildman–Crippen LogP) is 3.02. The first-order valence-electron chi connectivity index (χ1n) is 8.56.